The molecule has 448 valence electrons. The van der Waals surface area contributed by atoms with E-state index in [1.54, 1.807) is 45.3 Å². The number of aromatic nitrogens is 8. The predicted molar refractivity (Wildman–Crippen MR) is 365 cm³/mol. The van der Waals surface area contributed by atoms with E-state index in [1.807, 2.05) is 67.8 Å². The Bertz CT molecular complexity index is 3790. The third-order valence-corrected chi connectivity index (χ3v) is 22.1. The van der Waals surface area contributed by atoms with E-state index in [4.69, 9.17) is 38.9 Å². The quantitative estimate of drug-likeness (QED) is 0.115. The number of ether oxygens (including phenoxy) is 4. The van der Waals surface area contributed by atoms with Gasteiger partial charge in [-0.15, -0.1) is 90.7 Å². The van der Waals surface area contributed by atoms with Crippen LogP contribution < -0.4 is 18.9 Å². The first-order valence-electron chi connectivity index (χ1n) is 28.8. The second-order valence-corrected chi connectivity index (χ2v) is 32.9. The van der Waals surface area contributed by atoms with E-state index in [1.165, 1.54) is 45.3 Å². The van der Waals surface area contributed by atoms with Gasteiger partial charge in [0.2, 0.25) is 23.5 Å². The molecule has 0 N–H and O–H groups in total. The highest BCUT2D eigenvalue weighted by molar-refractivity contribution is 7.21. The number of rotatable bonds is 12. The highest BCUT2D eigenvalue weighted by atomic mass is 32.1. The average molecular weight is 1310 g/mol. The molecule has 0 amide bonds. The van der Waals surface area contributed by atoms with Crippen LogP contribution in [0.1, 0.15) is 150 Å². The van der Waals surface area contributed by atoms with Gasteiger partial charge in [0, 0.05) is 72.0 Å². The van der Waals surface area contributed by atoms with Gasteiger partial charge >= 0.3 is 0 Å². The van der Waals surface area contributed by atoms with E-state index < -0.39 is 0 Å². The van der Waals surface area contributed by atoms with Gasteiger partial charge in [0.15, 0.2) is 40.1 Å². The fourth-order valence-corrected chi connectivity index (χ4v) is 16.2. The zero-order valence-electron chi connectivity index (χ0n) is 50.9. The van der Waals surface area contributed by atoms with E-state index in [0.29, 0.717) is 72.2 Å². The van der Waals surface area contributed by atoms with Crippen LogP contribution in [0.25, 0.3) is 40.1 Å². The van der Waals surface area contributed by atoms with Crippen molar-refractivity contribution in [2.75, 3.05) is 0 Å². The van der Waals surface area contributed by atoms with Gasteiger partial charge in [0.05, 0.1) is 21.5 Å². The van der Waals surface area contributed by atoms with Crippen LogP contribution in [0.4, 0.5) is 0 Å². The maximum absolute atomic E-state index is 7.39. The van der Waals surface area contributed by atoms with Gasteiger partial charge in [-0.2, -0.15) is 19.9 Å². The summed E-state index contributed by atoms with van der Waals surface area (Å²) in [4.78, 5) is 39.0. The lowest BCUT2D eigenvalue weighted by Gasteiger charge is -2.29. The van der Waals surface area contributed by atoms with Crippen LogP contribution in [0.2, 0.25) is 0 Å². The number of hydrogen-bond donors (Lipinski definition) is 0. The molecule has 8 bridgehead atoms. The Kier molecular flexibility index (Phi) is 16.3. The minimum atomic E-state index is -0.279. The Labute approximate surface area is 545 Å². The van der Waals surface area contributed by atoms with Crippen molar-refractivity contribution in [3.63, 3.8) is 0 Å². The lowest BCUT2D eigenvalue weighted by atomic mass is 9.79. The predicted octanol–water partition coefficient (Wildman–Crippen LogP) is 21.0. The molecular formula is C68H64N8O4S8. The molecule has 8 aromatic heterocycles. The minimum Gasteiger partial charge on any atom is -0.438 e. The summed E-state index contributed by atoms with van der Waals surface area (Å²) in [5.74, 6) is 4.83. The third kappa shape index (κ3) is 12.9. The van der Waals surface area contributed by atoms with Crippen molar-refractivity contribution in [2.45, 2.75) is 130 Å². The molecule has 8 heterocycles. The Balaban J connectivity index is 1.11. The second kappa shape index (κ2) is 23.8. The zero-order valence-corrected chi connectivity index (χ0v) is 57.4. The third-order valence-electron chi connectivity index (χ3n) is 15.2. The van der Waals surface area contributed by atoms with Gasteiger partial charge in [-0.3, -0.25) is 0 Å². The van der Waals surface area contributed by atoms with Crippen LogP contribution in [-0.4, -0.2) is 39.9 Å². The van der Waals surface area contributed by atoms with Crippen LogP contribution >= 0.6 is 90.7 Å². The largest absolute Gasteiger partial charge is 0.438 e. The second-order valence-electron chi connectivity index (χ2n) is 25.9. The van der Waals surface area contributed by atoms with Crippen molar-refractivity contribution < 1.29 is 18.9 Å². The molecule has 20 heteroatoms. The van der Waals surface area contributed by atoms with Crippen molar-refractivity contribution in [3.05, 3.63) is 183 Å². The summed E-state index contributed by atoms with van der Waals surface area (Å²) >= 11 is 12.3. The molecule has 12 aromatic rings. The summed E-state index contributed by atoms with van der Waals surface area (Å²) in [6, 6.07) is 18.6. The van der Waals surface area contributed by atoms with Gasteiger partial charge in [0.25, 0.3) is 0 Å². The van der Waals surface area contributed by atoms with Gasteiger partial charge < -0.3 is 18.9 Å². The molecule has 0 saturated carbocycles. The minimum absolute atomic E-state index is 0.279. The fraction of sp³-hybridized carbons (Fsp3) is 0.294. The first-order valence-corrected chi connectivity index (χ1v) is 35.8. The normalized spacial score (nSPS) is 13.0. The maximum atomic E-state index is 7.39. The van der Waals surface area contributed by atoms with E-state index in [-0.39, 0.29) is 21.7 Å². The number of thiazole rings is 8. The Morgan fingerprint density at radius 3 is 0.625 bits per heavy atom. The molecular weight excluding hydrogens is 1250 g/mol. The molecule has 4 aromatic carbocycles. The van der Waals surface area contributed by atoms with E-state index in [0.717, 1.165) is 107 Å². The van der Waals surface area contributed by atoms with Gasteiger partial charge in [0.1, 0.15) is 23.0 Å². The molecule has 0 spiro atoms. The molecule has 0 unspecified atom stereocenters. The monoisotopic (exact) mass is 1310 g/mol. The van der Waals surface area contributed by atoms with Crippen molar-refractivity contribution in [1.82, 2.24) is 39.9 Å². The van der Waals surface area contributed by atoms with Crippen molar-refractivity contribution in [3.8, 4) is 86.6 Å². The van der Waals surface area contributed by atoms with Gasteiger partial charge in [-0.25, -0.2) is 19.9 Å². The lowest BCUT2D eigenvalue weighted by molar-refractivity contribution is 0.444. The number of hydrogen-bond acceptors (Lipinski definition) is 20. The van der Waals surface area contributed by atoms with Crippen LogP contribution in [0.3, 0.4) is 0 Å². The first-order chi connectivity index (χ1) is 42.0. The molecule has 0 aliphatic heterocycles. The smallest absolute Gasteiger partial charge is 0.230 e. The van der Waals surface area contributed by atoms with E-state index in [2.05, 4.69) is 152 Å². The maximum Gasteiger partial charge on any atom is 0.230 e. The standard InChI is InChI=1S/C68H64N8O4S8/c1-65(2,3)45-25-37-21-39-27-46(66(4,5)6)29-41(54(39)78-50-34-86-62(74-50)58-70-14-18-82-58)23-43-31-48(68(10,11)12)32-44(56(43)80-52-36-88-64(76-52)60-72-16-20-84-60)24-42-30-47(67(7,8)9)28-40(55(42)79-51-35-87-63(75-51)59-71-15-19-83-59)22-38(26-45)53(37)77-49-33-85-61(73-49)57-69-13-17-81-57/h13-20,25-36H,21-24H2,1-12H3. The Hall–Kier alpha value is -6.88. The van der Waals surface area contributed by atoms with E-state index in [9.17, 15) is 0 Å². The molecule has 88 heavy (non-hydrogen) atoms. The fourth-order valence-electron chi connectivity index (χ4n) is 10.5. The highest BCUT2D eigenvalue weighted by Gasteiger charge is 2.32. The van der Waals surface area contributed by atoms with Crippen LogP contribution in [0.15, 0.2) is 116 Å². The summed E-state index contributed by atoms with van der Waals surface area (Å²) < 4.78 is 29.6. The SMILES string of the molecule is CC(C)(C)c1cc2c(Oc3csc(-c4nccs4)n3)c(c1)Cc1cc(C(C)(C)C)cc(c1Oc1csc(-c3nccs3)n1)Cc1cc(C(C)(C)C)cc(c1Oc1csc(-c3nccs3)n1)Cc1cc(C(C)(C)C)cc(c1Oc1csc(-c3nccs3)n1)C2. The lowest BCUT2D eigenvalue weighted by Crippen LogP contribution is -2.17. The van der Waals surface area contributed by atoms with Gasteiger partial charge in [-0.05, 0) is 88.4 Å². The summed E-state index contributed by atoms with van der Waals surface area (Å²) in [5, 5.41) is 22.4. The summed E-state index contributed by atoms with van der Waals surface area (Å²) in [6.45, 7) is 27.3. The average Bonchev–Trinajstić information content (AvgIpc) is 0.979. The Morgan fingerprint density at radius 2 is 0.466 bits per heavy atom. The number of benzene rings is 4. The van der Waals surface area contributed by atoms with Crippen LogP contribution in [0, 0.1) is 0 Å². The molecule has 0 saturated heterocycles. The summed E-state index contributed by atoms with van der Waals surface area (Å²) in [7, 11) is 0. The molecule has 0 atom stereocenters. The molecule has 1 aliphatic rings. The topological polar surface area (TPSA) is 140 Å². The molecule has 12 nitrogen and oxygen atoms in total. The van der Waals surface area contributed by atoms with Crippen LogP contribution in [0.5, 0.6) is 46.5 Å². The first kappa shape index (κ1) is 60.1. The Morgan fingerprint density at radius 1 is 0.273 bits per heavy atom. The van der Waals surface area contributed by atoms with Gasteiger partial charge in [-0.1, -0.05) is 132 Å². The van der Waals surface area contributed by atoms with Crippen molar-refractivity contribution in [1.29, 1.82) is 0 Å². The van der Waals surface area contributed by atoms with E-state index >= 15 is 0 Å². The number of fused-ring (bicyclic) bond motifs is 8. The van der Waals surface area contributed by atoms with Crippen LogP contribution in [-0.2, 0) is 47.3 Å². The molecule has 1 aliphatic carbocycles. The highest BCUT2D eigenvalue weighted by Crippen LogP contribution is 2.48. The summed E-state index contributed by atoms with van der Waals surface area (Å²) in [5.41, 5.74) is 11.3. The molecule has 0 fully saturated rings. The molecule has 13 rings (SSSR count). The van der Waals surface area contributed by atoms with Crippen molar-refractivity contribution in [2.24, 2.45) is 0 Å². The number of nitrogens with zero attached hydrogens (tertiary/aromatic N) is 8. The summed E-state index contributed by atoms with van der Waals surface area (Å²) in [6.07, 6.45) is 8.96. The zero-order chi connectivity index (χ0) is 61.3. The van der Waals surface area contributed by atoms with Crippen molar-refractivity contribution >= 4 is 90.7 Å². The molecule has 0 radical (unpaired) electrons.